The van der Waals surface area contributed by atoms with Gasteiger partial charge in [0.2, 0.25) is 0 Å². The largest absolute Gasteiger partial charge is 0.298 e. The minimum Gasteiger partial charge on any atom is -0.298 e. The first-order chi connectivity index (χ1) is 12.9. The van der Waals surface area contributed by atoms with Crippen molar-refractivity contribution in [1.82, 2.24) is 0 Å². The summed E-state index contributed by atoms with van der Waals surface area (Å²) in [5.74, 6) is -2.73. The van der Waals surface area contributed by atoms with Crippen LogP contribution >= 0.6 is 11.6 Å². The molecular weight excluding hydrogens is 379 g/mol. The fourth-order valence-corrected chi connectivity index (χ4v) is 4.14. The van der Waals surface area contributed by atoms with Crippen LogP contribution in [0.3, 0.4) is 0 Å². The van der Waals surface area contributed by atoms with Gasteiger partial charge in [-0.3, -0.25) is 14.4 Å². The van der Waals surface area contributed by atoms with Crippen molar-refractivity contribution >= 4 is 29.0 Å². The lowest BCUT2D eigenvalue weighted by atomic mass is 9.57. The van der Waals surface area contributed by atoms with Crippen molar-refractivity contribution in [3.63, 3.8) is 0 Å². The van der Waals surface area contributed by atoms with Crippen LogP contribution in [0, 0.1) is 23.6 Å². The molecule has 0 unspecified atom stereocenters. The van der Waals surface area contributed by atoms with Crippen LogP contribution in [-0.2, 0) is 14.4 Å². The fourth-order valence-electron chi connectivity index (χ4n) is 3.97. The second-order valence-electron chi connectivity index (χ2n) is 8.44. The molecule has 5 heteroatoms. The SMILES string of the molecule is Cc1ccc(-c2cc(Cl)ccc2F)cc1C1C(=O)C(C)(C)C(=O)C(C)(C)C1=O. The summed E-state index contributed by atoms with van der Waals surface area (Å²) in [6.45, 7) is 8.05. The lowest BCUT2D eigenvalue weighted by Crippen LogP contribution is -2.56. The van der Waals surface area contributed by atoms with Crippen LogP contribution in [0.2, 0.25) is 5.02 Å². The number of aryl methyl sites for hydroxylation is 1. The number of hydrogen-bond donors (Lipinski definition) is 0. The zero-order chi connectivity index (χ0) is 21.0. The van der Waals surface area contributed by atoms with Gasteiger partial charge in [-0.15, -0.1) is 0 Å². The highest BCUT2D eigenvalue weighted by atomic mass is 35.5. The summed E-state index contributed by atoms with van der Waals surface area (Å²) < 4.78 is 14.3. The molecule has 0 aliphatic heterocycles. The Labute approximate surface area is 168 Å². The third-order valence-corrected chi connectivity index (χ3v) is 5.96. The number of hydrogen-bond acceptors (Lipinski definition) is 3. The van der Waals surface area contributed by atoms with E-state index in [1.165, 1.54) is 18.2 Å². The molecule has 0 spiro atoms. The molecule has 2 aromatic rings. The van der Waals surface area contributed by atoms with Crippen molar-refractivity contribution in [2.75, 3.05) is 0 Å². The van der Waals surface area contributed by atoms with Gasteiger partial charge in [0.1, 0.15) is 11.7 Å². The minimum absolute atomic E-state index is 0.291. The first-order valence-electron chi connectivity index (χ1n) is 9.08. The molecule has 0 saturated heterocycles. The molecule has 1 saturated carbocycles. The van der Waals surface area contributed by atoms with Gasteiger partial charge in [-0.1, -0.05) is 23.7 Å². The smallest absolute Gasteiger partial charge is 0.160 e. The Morgan fingerprint density at radius 3 is 2.04 bits per heavy atom. The van der Waals surface area contributed by atoms with Crippen molar-refractivity contribution < 1.29 is 18.8 Å². The molecule has 0 heterocycles. The number of benzene rings is 2. The Morgan fingerprint density at radius 1 is 0.893 bits per heavy atom. The number of halogens is 2. The van der Waals surface area contributed by atoms with Crippen LogP contribution in [0.4, 0.5) is 4.39 Å². The summed E-state index contributed by atoms with van der Waals surface area (Å²) in [6, 6.07) is 9.38. The maximum Gasteiger partial charge on any atom is 0.160 e. The Kier molecular flexibility index (Phi) is 4.83. The highest BCUT2D eigenvalue weighted by Crippen LogP contribution is 2.45. The van der Waals surface area contributed by atoms with Crippen molar-refractivity contribution in [2.45, 2.75) is 40.5 Å². The van der Waals surface area contributed by atoms with Crippen LogP contribution in [-0.4, -0.2) is 17.3 Å². The normalized spacial score (nSPS) is 19.2. The molecule has 1 fully saturated rings. The standard InChI is InChI=1S/C23H22ClFO3/c1-12-6-7-13(16-11-14(24)8-9-17(16)25)10-15(12)18-19(26)22(2,3)21(28)23(4,5)20(18)27/h6-11,18H,1-5H3. The molecule has 1 aliphatic rings. The molecule has 2 aromatic carbocycles. The van der Waals surface area contributed by atoms with Gasteiger partial charge in [-0.2, -0.15) is 0 Å². The van der Waals surface area contributed by atoms with E-state index in [9.17, 15) is 18.8 Å². The molecule has 0 bridgehead atoms. The van der Waals surface area contributed by atoms with Crippen molar-refractivity contribution in [2.24, 2.45) is 10.8 Å². The summed E-state index contributed by atoms with van der Waals surface area (Å²) in [6.07, 6.45) is 0. The van der Waals surface area contributed by atoms with Gasteiger partial charge in [-0.25, -0.2) is 4.39 Å². The number of carbonyl (C=O) groups excluding carboxylic acids is 3. The van der Waals surface area contributed by atoms with Crippen LogP contribution < -0.4 is 0 Å². The molecule has 3 rings (SSSR count). The number of rotatable bonds is 2. The molecule has 146 valence electrons. The van der Waals surface area contributed by atoms with Crippen molar-refractivity contribution in [3.05, 3.63) is 58.4 Å². The fraction of sp³-hybridized carbons (Fsp3) is 0.348. The number of ketones is 3. The Balaban J connectivity index is 2.20. The molecule has 0 atom stereocenters. The maximum absolute atomic E-state index is 14.3. The Bertz CT molecular complexity index is 991. The predicted octanol–water partition coefficient (Wildman–Crippen LogP) is 5.31. The highest BCUT2D eigenvalue weighted by molar-refractivity contribution is 6.31. The van der Waals surface area contributed by atoms with Gasteiger partial charge in [0, 0.05) is 10.6 Å². The average molecular weight is 401 g/mol. The van der Waals surface area contributed by atoms with E-state index in [1.54, 1.807) is 52.8 Å². The minimum atomic E-state index is -1.27. The third kappa shape index (κ3) is 3.00. The second-order valence-corrected chi connectivity index (χ2v) is 8.87. The summed E-state index contributed by atoms with van der Waals surface area (Å²) in [5.41, 5.74) is -0.496. The topological polar surface area (TPSA) is 51.2 Å². The van der Waals surface area contributed by atoms with Crippen molar-refractivity contribution in [3.8, 4) is 11.1 Å². The molecular formula is C23H22ClFO3. The molecule has 0 aromatic heterocycles. The first kappa shape index (κ1) is 20.4. The van der Waals surface area contributed by atoms with E-state index < -0.39 is 34.1 Å². The maximum atomic E-state index is 14.3. The van der Waals surface area contributed by atoms with E-state index >= 15 is 0 Å². The van der Waals surface area contributed by atoms with E-state index in [0.717, 1.165) is 5.56 Å². The highest BCUT2D eigenvalue weighted by Gasteiger charge is 2.58. The summed E-state index contributed by atoms with van der Waals surface area (Å²) in [4.78, 5) is 39.0. The predicted molar refractivity (Wildman–Crippen MR) is 107 cm³/mol. The van der Waals surface area contributed by atoms with Gasteiger partial charge in [0.05, 0.1) is 10.8 Å². The van der Waals surface area contributed by atoms with E-state index in [2.05, 4.69) is 0 Å². The van der Waals surface area contributed by atoms with E-state index in [0.29, 0.717) is 21.7 Å². The molecule has 28 heavy (non-hydrogen) atoms. The van der Waals surface area contributed by atoms with Crippen LogP contribution in [0.1, 0.15) is 44.7 Å². The van der Waals surface area contributed by atoms with Crippen LogP contribution in [0.15, 0.2) is 36.4 Å². The average Bonchev–Trinajstić information content (AvgIpc) is 2.63. The summed E-state index contributed by atoms with van der Waals surface area (Å²) in [5, 5.41) is 0.385. The summed E-state index contributed by atoms with van der Waals surface area (Å²) in [7, 11) is 0. The van der Waals surface area contributed by atoms with Gasteiger partial charge < -0.3 is 0 Å². The molecule has 0 radical (unpaired) electrons. The monoisotopic (exact) mass is 400 g/mol. The quantitative estimate of drug-likeness (QED) is 0.642. The van der Waals surface area contributed by atoms with E-state index in [4.69, 9.17) is 11.6 Å². The van der Waals surface area contributed by atoms with Gasteiger partial charge in [0.15, 0.2) is 17.3 Å². The molecule has 0 N–H and O–H groups in total. The van der Waals surface area contributed by atoms with Crippen molar-refractivity contribution in [1.29, 1.82) is 0 Å². The lowest BCUT2D eigenvalue weighted by Gasteiger charge is -2.41. The first-order valence-corrected chi connectivity index (χ1v) is 9.46. The Hall–Kier alpha value is -2.33. The zero-order valence-electron chi connectivity index (χ0n) is 16.5. The molecule has 1 aliphatic carbocycles. The third-order valence-electron chi connectivity index (χ3n) is 5.72. The van der Waals surface area contributed by atoms with Gasteiger partial charge in [0.25, 0.3) is 0 Å². The van der Waals surface area contributed by atoms with E-state index in [-0.39, 0.29) is 5.78 Å². The molecule has 3 nitrogen and oxygen atoms in total. The second kappa shape index (κ2) is 6.63. The Morgan fingerprint density at radius 2 is 1.46 bits per heavy atom. The lowest BCUT2D eigenvalue weighted by molar-refractivity contribution is -0.157. The van der Waals surface area contributed by atoms with Gasteiger partial charge in [-0.05, 0) is 75.6 Å². The summed E-state index contributed by atoms with van der Waals surface area (Å²) >= 11 is 6.01. The molecule has 0 amide bonds. The van der Waals surface area contributed by atoms with Crippen LogP contribution in [0.25, 0.3) is 11.1 Å². The number of Topliss-reactive ketones (excluding diaryl/α,β-unsaturated/α-hetero) is 3. The number of carbonyl (C=O) groups is 3. The zero-order valence-corrected chi connectivity index (χ0v) is 17.3. The van der Waals surface area contributed by atoms with Gasteiger partial charge >= 0.3 is 0 Å². The van der Waals surface area contributed by atoms with Crippen LogP contribution in [0.5, 0.6) is 0 Å². The van der Waals surface area contributed by atoms with E-state index in [1.807, 2.05) is 0 Å².